The molecular formula is C23H29N3. The van der Waals surface area contributed by atoms with Gasteiger partial charge in [-0.05, 0) is 63.3 Å². The highest BCUT2D eigenvalue weighted by molar-refractivity contribution is 5.70. The van der Waals surface area contributed by atoms with Crippen LogP contribution in [0.2, 0.25) is 0 Å². The zero-order valence-corrected chi connectivity index (χ0v) is 16.4. The van der Waals surface area contributed by atoms with Crippen molar-refractivity contribution in [2.45, 2.75) is 65.6 Å². The Balaban J connectivity index is 1.62. The summed E-state index contributed by atoms with van der Waals surface area (Å²) in [5.41, 5.74) is 7.40. The molecule has 0 radical (unpaired) electrons. The summed E-state index contributed by atoms with van der Waals surface area (Å²) in [6, 6.07) is 9.39. The van der Waals surface area contributed by atoms with Gasteiger partial charge in [-0.2, -0.15) is 0 Å². The van der Waals surface area contributed by atoms with E-state index in [1.807, 2.05) is 0 Å². The summed E-state index contributed by atoms with van der Waals surface area (Å²) in [5, 5.41) is 0. The summed E-state index contributed by atoms with van der Waals surface area (Å²) >= 11 is 0. The van der Waals surface area contributed by atoms with Gasteiger partial charge in [0.2, 0.25) is 0 Å². The van der Waals surface area contributed by atoms with E-state index in [9.17, 15) is 0 Å². The molecular weight excluding hydrogens is 318 g/mol. The van der Waals surface area contributed by atoms with E-state index in [2.05, 4.69) is 80.4 Å². The number of hydrogen-bond acceptors (Lipinski definition) is 3. The standard InChI is InChI=1S/C23H29N3/c1-16-8-7-9-17(2)23(16)21-14-18(3)22(15-24-21)26-13-12-25(19(26)4)20-10-5-6-11-20/h7-9,12-15,19-20H,5-6,10-11H2,1-4H3/t19-/m1/s1. The van der Waals surface area contributed by atoms with Crippen molar-refractivity contribution < 1.29 is 0 Å². The van der Waals surface area contributed by atoms with E-state index >= 15 is 0 Å². The Bertz CT molecular complexity index is 813. The minimum absolute atomic E-state index is 0.365. The number of anilines is 1. The molecule has 2 heterocycles. The third kappa shape index (κ3) is 2.90. The molecule has 0 saturated heterocycles. The maximum atomic E-state index is 4.84. The second kappa shape index (κ2) is 6.79. The highest BCUT2D eigenvalue weighted by Gasteiger charge is 2.31. The molecule has 1 aromatic heterocycles. The van der Waals surface area contributed by atoms with Crippen molar-refractivity contribution in [3.63, 3.8) is 0 Å². The molecule has 1 atom stereocenters. The molecule has 2 aromatic rings. The SMILES string of the molecule is Cc1cc(-c2c(C)cccc2C)ncc1N1C=CN(C2CCCC2)[C@H]1C. The average molecular weight is 348 g/mol. The summed E-state index contributed by atoms with van der Waals surface area (Å²) in [7, 11) is 0. The van der Waals surface area contributed by atoms with Gasteiger partial charge >= 0.3 is 0 Å². The molecule has 3 heteroatoms. The largest absolute Gasteiger partial charge is 0.353 e. The lowest BCUT2D eigenvalue weighted by Gasteiger charge is -2.34. The lowest BCUT2D eigenvalue weighted by Crippen LogP contribution is -2.41. The predicted octanol–water partition coefficient (Wildman–Crippen LogP) is 5.56. The number of nitrogens with zero attached hydrogens (tertiary/aromatic N) is 3. The van der Waals surface area contributed by atoms with Gasteiger partial charge < -0.3 is 9.80 Å². The van der Waals surface area contributed by atoms with Gasteiger partial charge in [0.1, 0.15) is 6.17 Å². The topological polar surface area (TPSA) is 19.4 Å². The van der Waals surface area contributed by atoms with Crippen LogP contribution in [-0.2, 0) is 0 Å². The minimum Gasteiger partial charge on any atom is -0.353 e. The molecule has 1 fully saturated rings. The number of hydrogen-bond donors (Lipinski definition) is 0. The first-order valence-corrected chi connectivity index (χ1v) is 9.83. The van der Waals surface area contributed by atoms with Crippen LogP contribution in [0.3, 0.4) is 0 Å². The van der Waals surface area contributed by atoms with E-state index in [4.69, 9.17) is 4.98 Å². The fraction of sp³-hybridized carbons (Fsp3) is 0.435. The Kier molecular flexibility index (Phi) is 4.47. The van der Waals surface area contributed by atoms with E-state index in [1.54, 1.807) is 0 Å². The van der Waals surface area contributed by atoms with Crippen molar-refractivity contribution >= 4 is 5.69 Å². The van der Waals surface area contributed by atoms with Crippen molar-refractivity contribution in [2.75, 3.05) is 4.90 Å². The molecule has 1 aliphatic heterocycles. The van der Waals surface area contributed by atoms with Gasteiger partial charge in [0.25, 0.3) is 0 Å². The quantitative estimate of drug-likeness (QED) is 0.725. The number of pyridine rings is 1. The third-order valence-electron chi connectivity index (χ3n) is 6.08. The lowest BCUT2D eigenvalue weighted by atomic mass is 9.98. The third-order valence-corrected chi connectivity index (χ3v) is 6.08. The summed E-state index contributed by atoms with van der Waals surface area (Å²) in [6.45, 7) is 8.83. The van der Waals surface area contributed by atoms with E-state index < -0.39 is 0 Å². The molecule has 4 rings (SSSR count). The maximum Gasteiger partial charge on any atom is 0.103 e. The molecule has 0 spiro atoms. The molecule has 0 bridgehead atoms. The minimum atomic E-state index is 0.365. The van der Waals surface area contributed by atoms with Crippen LogP contribution in [0.15, 0.2) is 42.9 Å². The Morgan fingerprint density at radius 1 is 0.962 bits per heavy atom. The highest BCUT2D eigenvalue weighted by atomic mass is 15.4. The van der Waals surface area contributed by atoms with E-state index in [1.165, 1.54) is 53.6 Å². The Hall–Kier alpha value is -2.29. The van der Waals surface area contributed by atoms with Gasteiger partial charge in [-0.25, -0.2) is 0 Å². The number of benzene rings is 1. The molecule has 1 aromatic carbocycles. The van der Waals surface area contributed by atoms with Gasteiger partial charge in [-0.15, -0.1) is 0 Å². The van der Waals surface area contributed by atoms with Crippen LogP contribution in [0.25, 0.3) is 11.3 Å². The highest BCUT2D eigenvalue weighted by Crippen LogP contribution is 2.34. The summed E-state index contributed by atoms with van der Waals surface area (Å²) in [6.07, 6.45) is 12.3. The van der Waals surface area contributed by atoms with Gasteiger partial charge in [-0.3, -0.25) is 4.98 Å². The first-order valence-electron chi connectivity index (χ1n) is 9.83. The second-order valence-corrected chi connectivity index (χ2v) is 7.85. The molecule has 2 aliphatic rings. The zero-order chi connectivity index (χ0) is 18.3. The Labute approximate surface area is 157 Å². The number of aryl methyl sites for hydroxylation is 3. The van der Waals surface area contributed by atoms with Gasteiger partial charge in [0.15, 0.2) is 0 Å². The fourth-order valence-electron chi connectivity index (χ4n) is 4.63. The Morgan fingerprint density at radius 2 is 1.65 bits per heavy atom. The summed E-state index contributed by atoms with van der Waals surface area (Å²) in [5.74, 6) is 0. The molecule has 3 nitrogen and oxygen atoms in total. The molecule has 0 unspecified atom stereocenters. The van der Waals surface area contributed by atoms with Crippen LogP contribution in [-0.4, -0.2) is 22.1 Å². The average Bonchev–Trinajstić information content (AvgIpc) is 3.25. The number of rotatable bonds is 3. The van der Waals surface area contributed by atoms with Crippen molar-refractivity contribution in [1.29, 1.82) is 0 Å². The monoisotopic (exact) mass is 347 g/mol. The van der Waals surface area contributed by atoms with Gasteiger partial charge in [-0.1, -0.05) is 31.0 Å². The zero-order valence-electron chi connectivity index (χ0n) is 16.4. The molecule has 26 heavy (non-hydrogen) atoms. The van der Waals surface area contributed by atoms with Crippen molar-refractivity contribution in [3.8, 4) is 11.3 Å². The van der Waals surface area contributed by atoms with Crippen LogP contribution >= 0.6 is 0 Å². The van der Waals surface area contributed by atoms with Crippen LogP contribution in [0.4, 0.5) is 5.69 Å². The second-order valence-electron chi connectivity index (χ2n) is 7.85. The summed E-state index contributed by atoms with van der Waals surface area (Å²) in [4.78, 5) is 9.74. The van der Waals surface area contributed by atoms with Crippen LogP contribution in [0.1, 0.15) is 49.3 Å². The van der Waals surface area contributed by atoms with Crippen LogP contribution in [0.5, 0.6) is 0 Å². The molecule has 136 valence electrons. The Morgan fingerprint density at radius 3 is 2.31 bits per heavy atom. The van der Waals surface area contributed by atoms with Crippen molar-refractivity contribution in [3.05, 3.63) is 59.6 Å². The predicted molar refractivity (Wildman–Crippen MR) is 109 cm³/mol. The van der Waals surface area contributed by atoms with E-state index in [-0.39, 0.29) is 0 Å². The molecule has 1 saturated carbocycles. The smallest absolute Gasteiger partial charge is 0.103 e. The maximum absolute atomic E-state index is 4.84. The normalized spacial score (nSPS) is 20.4. The summed E-state index contributed by atoms with van der Waals surface area (Å²) < 4.78 is 0. The lowest BCUT2D eigenvalue weighted by molar-refractivity contribution is 0.237. The van der Waals surface area contributed by atoms with Gasteiger partial charge in [0, 0.05) is 24.0 Å². The first kappa shape index (κ1) is 17.1. The molecule has 1 aliphatic carbocycles. The van der Waals surface area contributed by atoms with Crippen LogP contribution < -0.4 is 4.90 Å². The van der Waals surface area contributed by atoms with Crippen LogP contribution in [0, 0.1) is 20.8 Å². The van der Waals surface area contributed by atoms with E-state index in [0.717, 1.165) is 5.69 Å². The molecule has 0 amide bonds. The first-order chi connectivity index (χ1) is 12.6. The number of aromatic nitrogens is 1. The molecule has 0 N–H and O–H groups in total. The fourth-order valence-corrected chi connectivity index (χ4v) is 4.63. The van der Waals surface area contributed by atoms with Gasteiger partial charge in [0.05, 0.1) is 17.6 Å². The van der Waals surface area contributed by atoms with E-state index in [0.29, 0.717) is 12.2 Å². The van der Waals surface area contributed by atoms with Crippen molar-refractivity contribution in [1.82, 2.24) is 9.88 Å². The van der Waals surface area contributed by atoms with Crippen molar-refractivity contribution in [2.24, 2.45) is 0 Å².